The summed E-state index contributed by atoms with van der Waals surface area (Å²) in [6.07, 6.45) is 2.33. The fraction of sp³-hybridized carbons (Fsp3) is 0.818. The van der Waals surface area contributed by atoms with E-state index in [-0.39, 0.29) is 23.9 Å². The predicted molar refractivity (Wildman–Crippen MR) is 116 cm³/mol. The first-order valence-electron chi connectivity index (χ1n) is 11.0. The zero-order valence-electron chi connectivity index (χ0n) is 20.0. The minimum atomic E-state index is -0.603. The summed E-state index contributed by atoms with van der Waals surface area (Å²) in [6, 6.07) is -1.01. The van der Waals surface area contributed by atoms with E-state index in [1.54, 1.807) is 25.7 Å². The molecular weight excluding hydrogens is 402 g/mol. The SMILES string of the molecule is COC(=O)C1CC[C@H](CCN(CC(C)NC(=O)OC(C)(C)C)C(=O)CC(C)C)N1C=O. The van der Waals surface area contributed by atoms with Crippen LogP contribution >= 0.6 is 0 Å². The molecule has 1 fully saturated rings. The highest BCUT2D eigenvalue weighted by molar-refractivity contribution is 5.79. The molecule has 0 aromatic heterocycles. The lowest BCUT2D eigenvalue weighted by molar-refractivity contribution is -0.149. The van der Waals surface area contributed by atoms with Gasteiger partial charge in [-0.25, -0.2) is 9.59 Å². The summed E-state index contributed by atoms with van der Waals surface area (Å²) in [6.45, 7) is 11.9. The predicted octanol–water partition coefficient (Wildman–Crippen LogP) is 2.33. The van der Waals surface area contributed by atoms with Crippen molar-refractivity contribution < 1.29 is 28.7 Å². The maximum absolute atomic E-state index is 12.8. The Bertz CT molecular complexity index is 631. The molecule has 3 amide bonds. The summed E-state index contributed by atoms with van der Waals surface area (Å²) >= 11 is 0. The monoisotopic (exact) mass is 441 g/mol. The first-order valence-corrected chi connectivity index (χ1v) is 11.0. The number of carbonyl (C=O) groups excluding carboxylic acids is 4. The molecule has 1 heterocycles. The van der Waals surface area contributed by atoms with E-state index < -0.39 is 23.7 Å². The Morgan fingerprint density at radius 1 is 1.19 bits per heavy atom. The summed E-state index contributed by atoms with van der Waals surface area (Å²) in [5.74, 6) is -0.226. The van der Waals surface area contributed by atoms with Crippen molar-refractivity contribution in [3.8, 4) is 0 Å². The lowest BCUT2D eigenvalue weighted by Gasteiger charge is -2.31. The Balaban J connectivity index is 2.76. The molecule has 0 aromatic rings. The quantitative estimate of drug-likeness (QED) is 0.412. The van der Waals surface area contributed by atoms with Gasteiger partial charge in [-0.2, -0.15) is 0 Å². The van der Waals surface area contributed by atoms with Gasteiger partial charge in [0, 0.05) is 31.6 Å². The van der Waals surface area contributed by atoms with E-state index >= 15 is 0 Å². The van der Waals surface area contributed by atoms with Gasteiger partial charge >= 0.3 is 12.1 Å². The molecule has 1 aliphatic heterocycles. The number of likely N-dealkylation sites (tertiary alicyclic amines) is 1. The second-order valence-corrected chi connectivity index (χ2v) is 9.60. The van der Waals surface area contributed by atoms with E-state index in [0.717, 1.165) is 0 Å². The largest absolute Gasteiger partial charge is 0.467 e. The van der Waals surface area contributed by atoms with Crippen LogP contribution in [0.3, 0.4) is 0 Å². The van der Waals surface area contributed by atoms with Gasteiger partial charge in [0.15, 0.2) is 0 Å². The van der Waals surface area contributed by atoms with E-state index in [0.29, 0.717) is 45.2 Å². The Morgan fingerprint density at radius 3 is 2.35 bits per heavy atom. The molecule has 0 bridgehead atoms. The van der Waals surface area contributed by atoms with Gasteiger partial charge in [0.2, 0.25) is 12.3 Å². The standard InChI is InChI=1S/C22H39N3O6/c1-15(2)12-19(27)24(13-16(3)23-21(29)31-22(4,5)6)11-10-17-8-9-18(20(28)30-7)25(17)14-26/h14-18H,8-13H2,1-7H3,(H,23,29)/t16?,17-,18?/m1/s1. The molecule has 9 nitrogen and oxygen atoms in total. The number of rotatable bonds is 10. The van der Waals surface area contributed by atoms with Crippen LogP contribution in [-0.2, 0) is 23.9 Å². The van der Waals surface area contributed by atoms with Crippen LogP contribution in [0.25, 0.3) is 0 Å². The Morgan fingerprint density at radius 2 is 1.84 bits per heavy atom. The number of amides is 3. The highest BCUT2D eigenvalue weighted by Gasteiger charge is 2.37. The van der Waals surface area contributed by atoms with E-state index in [1.165, 1.54) is 12.0 Å². The van der Waals surface area contributed by atoms with E-state index in [1.807, 2.05) is 20.8 Å². The van der Waals surface area contributed by atoms with Gasteiger partial charge < -0.3 is 24.6 Å². The topological polar surface area (TPSA) is 105 Å². The molecule has 0 radical (unpaired) electrons. The van der Waals surface area contributed by atoms with Gasteiger partial charge in [-0.1, -0.05) is 13.8 Å². The van der Waals surface area contributed by atoms with Crippen molar-refractivity contribution in [2.75, 3.05) is 20.2 Å². The number of nitrogens with zero attached hydrogens (tertiary/aromatic N) is 2. The zero-order valence-corrected chi connectivity index (χ0v) is 20.0. The fourth-order valence-electron chi connectivity index (χ4n) is 3.72. The van der Waals surface area contributed by atoms with E-state index in [2.05, 4.69) is 5.32 Å². The molecule has 1 N–H and O–H groups in total. The number of methoxy groups -OCH3 is 1. The Kier molecular flexibility index (Phi) is 10.3. The number of ether oxygens (including phenoxy) is 2. The van der Waals surface area contributed by atoms with Gasteiger partial charge in [0.1, 0.15) is 11.6 Å². The van der Waals surface area contributed by atoms with Crippen molar-refractivity contribution in [3.63, 3.8) is 0 Å². The third-order valence-corrected chi connectivity index (χ3v) is 5.08. The van der Waals surface area contributed by atoms with Gasteiger partial charge in [0.25, 0.3) is 0 Å². The zero-order chi connectivity index (χ0) is 23.8. The average molecular weight is 442 g/mol. The highest BCUT2D eigenvalue weighted by atomic mass is 16.6. The first kappa shape index (κ1) is 26.7. The van der Waals surface area contributed by atoms with Crippen LogP contribution in [0.15, 0.2) is 0 Å². The number of hydrogen-bond acceptors (Lipinski definition) is 6. The lowest BCUT2D eigenvalue weighted by atomic mass is 10.1. The number of nitrogens with one attached hydrogen (secondary N) is 1. The van der Waals surface area contributed by atoms with Gasteiger partial charge in [0.05, 0.1) is 7.11 Å². The van der Waals surface area contributed by atoms with Crippen molar-refractivity contribution in [2.24, 2.45) is 5.92 Å². The smallest absolute Gasteiger partial charge is 0.407 e. The van der Waals surface area contributed by atoms with Crippen LogP contribution in [0.4, 0.5) is 4.79 Å². The average Bonchev–Trinajstić information content (AvgIpc) is 3.04. The summed E-state index contributed by atoms with van der Waals surface area (Å²) in [5, 5.41) is 2.77. The number of esters is 1. The van der Waals surface area contributed by atoms with Crippen molar-refractivity contribution in [1.29, 1.82) is 0 Å². The van der Waals surface area contributed by atoms with Crippen molar-refractivity contribution in [1.82, 2.24) is 15.1 Å². The lowest BCUT2D eigenvalue weighted by Crippen LogP contribution is -2.47. The minimum absolute atomic E-state index is 0.00648. The van der Waals surface area contributed by atoms with Crippen molar-refractivity contribution in [2.45, 2.75) is 91.0 Å². The highest BCUT2D eigenvalue weighted by Crippen LogP contribution is 2.26. The van der Waals surface area contributed by atoms with Crippen LogP contribution in [0, 0.1) is 5.92 Å². The van der Waals surface area contributed by atoms with Gasteiger partial charge in [-0.05, 0) is 52.9 Å². The molecule has 1 rings (SSSR count). The summed E-state index contributed by atoms with van der Waals surface area (Å²) < 4.78 is 10.1. The Labute approximate surface area is 185 Å². The summed E-state index contributed by atoms with van der Waals surface area (Å²) in [4.78, 5) is 51.5. The molecule has 0 aliphatic carbocycles. The van der Waals surface area contributed by atoms with Gasteiger partial charge in [-0.15, -0.1) is 0 Å². The molecule has 0 spiro atoms. The molecule has 178 valence electrons. The second-order valence-electron chi connectivity index (χ2n) is 9.60. The molecule has 0 saturated carbocycles. The molecule has 3 atom stereocenters. The molecule has 0 aromatic carbocycles. The summed E-state index contributed by atoms with van der Waals surface area (Å²) in [5.41, 5.74) is -0.603. The Hall–Kier alpha value is -2.32. The second kappa shape index (κ2) is 11.9. The van der Waals surface area contributed by atoms with Crippen LogP contribution in [0.1, 0.15) is 67.2 Å². The van der Waals surface area contributed by atoms with Gasteiger partial charge in [-0.3, -0.25) is 9.59 Å². The molecule has 1 saturated heterocycles. The van der Waals surface area contributed by atoms with Crippen LogP contribution in [0.2, 0.25) is 0 Å². The third kappa shape index (κ3) is 9.14. The number of alkyl carbamates (subject to hydrolysis) is 1. The first-order chi connectivity index (χ1) is 14.4. The maximum Gasteiger partial charge on any atom is 0.407 e. The van der Waals surface area contributed by atoms with Crippen LogP contribution < -0.4 is 5.32 Å². The molecule has 1 aliphatic rings. The normalized spacial score (nSPS) is 19.7. The van der Waals surface area contributed by atoms with E-state index in [4.69, 9.17) is 9.47 Å². The van der Waals surface area contributed by atoms with Crippen molar-refractivity contribution >= 4 is 24.4 Å². The fourth-order valence-corrected chi connectivity index (χ4v) is 3.72. The van der Waals surface area contributed by atoms with Crippen molar-refractivity contribution in [3.05, 3.63) is 0 Å². The van der Waals surface area contributed by atoms with E-state index in [9.17, 15) is 19.2 Å². The maximum atomic E-state index is 12.8. The molecule has 2 unspecified atom stereocenters. The molecule has 9 heteroatoms. The van der Waals surface area contributed by atoms with Crippen LogP contribution in [-0.4, -0.2) is 78.1 Å². The number of hydrogen-bond donors (Lipinski definition) is 1. The number of carbonyl (C=O) groups is 4. The minimum Gasteiger partial charge on any atom is -0.467 e. The third-order valence-electron chi connectivity index (χ3n) is 5.08. The molecular formula is C22H39N3O6. The van der Waals surface area contributed by atoms with Crippen LogP contribution in [0.5, 0.6) is 0 Å². The molecule has 31 heavy (non-hydrogen) atoms. The summed E-state index contributed by atoms with van der Waals surface area (Å²) in [7, 11) is 1.31.